The summed E-state index contributed by atoms with van der Waals surface area (Å²) in [5.74, 6) is 0. The van der Waals surface area contributed by atoms with E-state index in [1.165, 1.54) is 222 Å². The Bertz CT molecular complexity index is 5710. The molecule has 0 fully saturated rings. The number of anilines is 14. The highest BCUT2D eigenvalue weighted by Gasteiger charge is 2.56. The van der Waals surface area contributed by atoms with Crippen molar-refractivity contribution < 1.29 is 0 Å². The van der Waals surface area contributed by atoms with Crippen molar-refractivity contribution in [1.29, 1.82) is 0 Å². The summed E-state index contributed by atoms with van der Waals surface area (Å²) in [6, 6.07) is 64.7. The lowest BCUT2D eigenvalue weighted by Crippen LogP contribution is -2.68. The van der Waals surface area contributed by atoms with Crippen molar-refractivity contribution in [2.24, 2.45) is 0 Å². The molecule has 0 aromatic heterocycles. The molecule has 0 spiro atoms. The van der Waals surface area contributed by atoms with Crippen LogP contribution in [0, 0.1) is 0 Å². The maximum absolute atomic E-state index is 4.62. The van der Waals surface area contributed by atoms with Crippen LogP contribution in [0.3, 0.4) is 0 Å². The molecule has 2 N–H and O–H groups in total. The zero-order valence-corrected chi connectivity index (χ0v) is 63.9. The molecule has 0 radical (unpaired) electrons. The molecule has 12 aromatic rings. The van der Waals surface area contributed by atoms with Crippen molar-refractivity contribution in [3.63, 3.8) is 0 Å². The van der Waals surface area contributed by atoms with Gasteiger partial charge in [0.1, 0.15) is 0 Å². The SMILES string of the molecule is CC(C)(C)c1ccc2c(c1)B1CN3c4ccc(C(C)(C)C)cc4B4c5cc(C(C)(C)C)ccc5N5c6ccccc6Bc6c5c4c3c3c1c(c1c4c5c7c8c9c4c4c(c1c63)Nc1ccc(C(C)(C)C)cc1B4CN9c1ccc(C(C)(C)C)cc1B8c1cc(C(C)(C)C)ccc1N7c1ccccc1B5)N2. The molecule has 12 aromatic carbocycles. The summed E-state index contributed by atoms with van der Waals surface area (Å²) in [7, 11) is 1.61. The first kappa shape index (κ1) is 62.0. The molecule has 10 heterocycles. The number of para-hydroxylation sites is 2. The normalized spacial score (nSPS) is 16.1. The molecule has 0 atom stereocenters. The number of rotatable bonds is 0. The first-order valence-corrected chi connectivity index (χ1v) is 38.8. The Hall–Kier alpha value is -9.39. The zero-order chi connectivity index (χ0) is 71.3. The predicted molar refractivity (Wildman–Crippen MR) is 459 cm³/mol. The largest absolute Gasteiger partial charge is 0.356 e. The van der Waals surface area contributed by atoms with Crippen molar-refractivity contribution in [2.45, 2.75) is 157 Å². The van der Waals surface area contributed by atoms with E-state index < -0.39 is 0 Å². The quantitative estimate of drug-likeness (QED) is 0.116. The van der Waals surface area contributed by atoms with Crippen molar-refractivity contribution in [1.82, 2.24) is 0 Å². The molecule has 0 bridgehead atoms. The fraction of sp³-hybridized carbons (Fsp3) is 0.283. The van der Waals surface area contributed by atoms with Gasteiger partial charge in [-0.3, -0.25) is 0 Å². The van der Waals surface area contributed by atoms with Crippen molar-refractivity contribution in [3.8, 4) is 0 Å². The van der Waals surface area contributed by atoms with Crippen LogP contribution in [0.15, 0.2) is 158 Å². The highest BCUT2D eigenvalue weighted by molar-refractivity contribution is 7.04. The maximum atomic E-state index is 4.62. The summed E-state index contributed by atoms with van der Waals surface area (Å²) in [6.45, 7) is 43.2. The molecule has 104 heavy (non-hydrogen) atoms. The number of fused-ring (bicyclic) bond motifs is 27. The molecular weight excluding hydrogens is 1250 g/mol. The van der Waals surface area contributed by atoms with Gasteiger partial charge < -0.3 is 30.2 Å². The van der Waals surface area contributed by atoms with E-state index in [-0.39, 0.29) is 59.3 Å². The van der Waals surface area contributed by atoms with Crippen LogP contribution in [0.5, 0.6) is 0 Å². The standard InChI is InChI=1S/C92H88B6N6/c1-87(2,3)47-27-33-61-55(39-47)95-45-101-65-35-29-49(89(7,8)9)41-57(65)97-59-43-51(91(13,14)15)31-37-67(59)103-63-25-21-19-23-53(63)93-75-69-72-71(81(99-61)77(95)73(69)83(101)79(97)85(75)103)70-74-78-82(72)100-62-34-28-48(88(4,5)6)40-56(62)96(78)46-102-66-36-30-50(90(10,11)12)42-58(66)98-60-44-52(92(16,17)18)32-38-68(60)104-64-26-22-20-24-54(64)94-76(70)86(104)80(98)84(74)102/h19-44,93-94,99-100H,45-46H2,1-18H3. The molecule has 0 amide bonds. The molecular formula is C92H88B6N6. The number of hydrogen-bond acceptors (Lipinski definition) is 6. The molecule has 6 nitrogen and oxygen atoms in total. The second-order valence-corrected chi connectivity index (χ2v) is 38.9. The average Bonchev–Trinajstić information content (AvgIpc) is 0.646. The highest BCUT2D eigenvalue weighted by atomic mass is 15.2. The summed E-state index contributed by atoms with van der Waals surface area (Å²) >= 11 is 0. The fourth-order valence-electron chi connectivity index (χ4n) is 21.4. The third-order valence-electron chi connectivity index (χ3n) is 26.7. The number of hydrogen-bond donors (Lipinski definition) is 2. The van der Waals surface area contributed by atoms with Crippen molar-refractivity contribution >= 4 is 230 Å². The Labute approximate surface area is 617 Å². The Kier molecular flexibility index (Phi) is 11.7. The summed E-state index contributed by atoms with van der Waals surface area (Å²) in [6.07, 6.45) is 1.62. The van der Waals surface area contributed by atoms with Gasteiger partial charge in [-0.25, -0.2) is 0 Å². The van der Waals surface area contributed by atoms with Gasteiger partial charge in [0, 0.05) is 114 Å². The smallest absolute Gasteiger partial charge is 0.252 e. The molecule has 504 valence electrons. The third kappa shape index (κ3) is 7.85. The van der Waals surface area contributed by atoms with Gasteiger partial charge >= 0.3 is 0 Å². The van der Waals surface area contributed by atoms with Crippen LogP contribution in [-0.4, -0.2) is 54.3 Å². The molecule has 12 heteroatoms. The monoisotopic (exact) mass is 1340 g/mol. The highest BCUT2D eigenvalue weighted by Crippen LogP contribution is 2.56. The minimum Gasteiger partial charge on any atom is -0.356 e. The zero-order valence-electron chi connectivity index (χ0n) is 63.9. The third-order valence-corrected chi connectivity index (χ3v) is 26.7. The Morgan fingerprint density at radius 3 is 0.952 bits per heavy atom. The van der Waals surface area contributed by atoms with Gasteiger partial charge in [0.2, 0.25) is 13.4 Å². The lowest BCUT2D eigenvalue weighted by Gasteiger charge is -2.52. The lowest BCUT2D eigenvalue weighted by molar-refractivity contribution is 0.590. The van der Waals surface area contributed by atoms with Gasteiger partial charge in [0.15, 0.2) is 14.6 Å². The van der Waals surface area contributed by atoms with Gasteiger partial charge in [0.25, 0.3) is 13.4 Å². The van der Waals surface area contributed by atoms with Gasteiger partial charge in [-0.05, 0) is 191 Å². The Morgan fingerprint density at radius 1 is 0.298 bits per heavy atom. The molecule has 10 aliphatic heterocycles. The Morgan fingerprint density at radius 2 is 0.606 bits per heavy atom. The second kappa shape index (κ2) is 19.6. The van der Waals surface area contributed by atoms with E-state index in [1.807, 2.05) is 0 Å². The van der Waals surface area contributed by atoms with Gasteiger partial charge in [-0.15, -0.1) is 0 Å². The van der Waals surface area contributed by atoms with E-state index in [0.29, 0.717) is 0 Å². The summed E-state index contributed by atoms with van der Waals surface area (Å²) < 4.78 is 0. The molecule has 0 saturated heterocycles. The van der Waals surface area contributed by atoms with E-state index in [4.69, 9.17) is 0 Å². The van der Waals surface area contributed by atoms with Crippen LogP contribution in [0.2, 0.25) is 0 Å². The van der Waals surface area contributed by atoms with Gasteiger partial charge in [-0.1, -0.05) is 245 Å². The van der Waals surface area contributed by atoms with Crippen molar-refractivity contribution in [3.05, 3.63) is 191 Å². The van der Waals surface area contributed by atoms with Crippen LogP contribution < -0.4 is 107 Å². The van der Waals surface area contributed by atoms with Gasteiger partial charge in [0.05, 0.1) is 0 Å². The summed E-state index contributed by atoms with van der Waals surface area (Å²) in [4.78, 5) is 11.3. The minimum absolute atomic E-state index is 0.0176. The number of benzene rings is 12. The minimum atomic E-state index is -0.0711. The van der Waals surface area contributed by atoms with E-state index >= 15 is 0 Å². The topological polar surface area (TPSA) is 37.0 Å². The Balaban J connectivity index is 0.992. The molecule has 0 saturated carbocycles. The van der Waals surface area contributed by atoms with Crippen LogP contribution in [0.1, 0.15) is 158 Å². The summed E-state index contributed by atoms with van der Waals surface area (Å²) in [5, 5.41) is 17.7. The second-order valence-electron chi connectivity index (χ2n) is 38.9. The van der Waals surface area contributed by atoms with Crippen LogP contribution in [0.4, 0.5) is 79.6 Å². The van der Waals surface area contributed by atoms with Crippen LogP contribution in [0.25, 0.3) is 32.3 Å². The first-order valence-electron chi connectivity index (χ1n) is 38.8. The molecule has 0 aliphatic carbocycles. The molecule has 10 aliphatic rings. The average molecular weight is 1340 g/mol. The van der Waals surface area contributed by atoms with E-state index in [1.54, 1.807) is 0 Å². The van der Waals surface area contributed by atoms with E-state index in [9.17, 15) is 0 Å². The first-order chi connectivity index (χ1) is 49.4. The number of nitrogens with zero attached hydrogens (tertiary/aromatic N) is 4. The van der Waals surface area contributed by atoms with E-state index in [2.05, 4.69) is 313 Å². The van der Waals surface area contributed by atoms with Crippen LogP contribution >= 0.6 is 0 Å². The fourth-order valence-corrected chi connectivity index (χ4v) is 21.4. The number of nitrogens with one attached hydrogen (secondary N) is 2. The lowest BCUT2D eigenvalue weighted by atomic mass is 9.29. The molecule has 0 unspecified atom stereocenters. The maximum Gasteiger partial charge on any atom is 0.252 e. The van der Waals surface area contributed by atoms with Crippen LogP contribution in [-0.2, 0) is 32.5 Å². The van der Waals surface area contributed by atoms with Crippen molar-refractivity contribution in [2.75, 3.05) is 43.1 Å². The predicted octanol–water partition coefficient (Wildman–Crippen LogP) is 12.3. The molecule has 22 rings (SSSR count). The summed E-state index contributed by atoms with van der Waals surface area (Å²) in [5.41, 5.74) is 46.3. The van der Waals surface area contributed by atoms with E-state index in [0.717, 1.165) is 27.4 Å². The van der Waals surface area contributed by atoms with Gasteiger partial charge in [-0.2, -0.15) is 0 Å².